The van der Waals surface area contributed by atoms with Crippen LogP contribution in [0.5, 0.6) is 5.75 Å². The molecule has 3 aromatic rings. The molecule has 0 spiro atoms. The summed E-state index contributed by atoms with van der Waals surface area (Å²) in [4.78, 5) is 12.9. The molecule has 6 nitrogen and oxygen atoms in total. The molecule has 0 aliphatic heterocycles. The van der Waals surface area contributed by atoms with Gasteiger partial charge < -0.3 is 10.1 Å². The first-order valence-corrected chi connectivity index (χ1v) is 13.6. The number of rotatable bonds is 11. The molecule has 0 radical (unpaired) electrons. The van der Waals surface area contributed by atoms with Crippen molar-refractivity contribution in [2.75, 3.05) is 30.3 Å². The number of carbonyl (C=O) groups excluding carboxylic acids is 1. The Kier molecular flexibility index (Phi) is 9.17. The minimum Gasteiger partial charge on any atom is -0.495 e. The SMILES string of the molecule is COc1ccc(C)cc1N(CC(=O)NCCSCc1ccccc1F)S(=O)(=O)c1ccc(C)cc1. The molecular formula is C26H29FN2O4S2. The van der Waals surface area contributed by atoms with Crippen LogP contribution in [-0.2, 0) is 20.6 Å². The molecule has 0 unspecified atom stereocenters. The molecule has 0 bridgehead atoms. The van der Waals surface area contributed by atoms with Crippen LogP contribution >= 0.6 is 11.8 Å². The number of hydrogen-bond donors (Lipinski definition) is 1. The van der Waals surface area contributed by atoms with Crippen molar-refractivity contribution in [2.45, 2.75) is 24.5 Å². The van der Waals surface area contributed by atoms with Gasteiger partial charge in [0.1, 0.15) is 18.1 Å². The van der Waals surface area contributed by atoms with Crippen molar-refractivity contribution in [2.24, 2.45) is 0 Å². The monoisotopic (exact) mass is 516 g/mol. The second kappa shape index (κ2) is 12.1. The van der Waals surface area contributed by atoms with E-state index in [9.17, 15) is 17.6 Å². The molecule has 0 saturated heterocycles. The van der Waals surface area contributed by atoms with Gasteiger partial charge in [-0.3, -0.25) is 9.10 Å². The lowest BCUT2D eigenvalue weighted by molar-refractivity contribution is -0.119. The Morgan fingerprint density at radius 1 is 1.03 bits per heavy atom. The summed E-state index contributed by atoms with van der Waals surface area (Å²) in [5, 5.41) is 2.77. The fourth-order valence-corrected chi connectivity index (χ4v) is 5.65. The normalized spacial score (nSPS) is 11.2. The molecule has 0 saturated carbocycles. The maximum Gasteiger partial charge on any atom is 0.264 e. The highest BCUT2D eigenvalue weighted by Crippen LogP contribution is 2.33. The first kappa shape index (κ1) is 26.6. The molecule has 3 rings (SSSR count). The summed E-state index contributed by atoms with van der Waals surface area (Å²) in [5.74, 6) is 0.679. The molecule has 0 aliphatic rings. The Morgan fingerprint density at radius 3 is 2.40 bits per heavy atom. The topological polar surface area (TPSA) is 75.7 Å². The zero-order valence-electron chi connectivity index (χ0n) is 20.0. The molecule has 0 atom stereocenters. The van der Waals surface area contributed by atoms with Crippen LogP contribution in [-0.4, -0.2) is 40.3 Å². The minimum absolute atomic E-state index is 0.0832. The number of aryl methyl sites for hydroxylation is 2. The fraction of sp³-hybridized carbons (Fsp3) is 0.269. The number of nitrogens with one attached hydrogen (secondary N) is 1. The van der Waals surface area contributed by atoms with E-state index in [1.807, 2.05) is 19.9 Å². The summed E-state index contributed by atoms with van der Waals surface area (Å²) in [6.45, 7) is 3.62. The predicted molar refractivity (Wildman–Crippen MR) is 139 cm³/mol. The quantitative estimate of drug-likeness (QED) is 0.374. The maximum atomic E-state index is 13.7. The molecule has 0 fully saturated rings. The molecule has 3 aromatic carbocycles. The molecular weight excluding hydrogens is 487 g/mol. The number of benzene rings is 3. The highest BCUT2D eigenvalue weighted by Gasteiger charge is 2.29. The highest BCUT2D eigenvalue weighted by molar-refractivity contribution is 7.98. The first-order valence-electron chi connectivity index (χ1n) is 11.0. The van der Waals surface area contributed by atoms with E-state index in [4.69, 9.17) is 4.74 Å². The van der Waals surface area contributed by atoms with Crippen LogP contribution in [0.4, 0.5) is 10.1 Å². The van der Waals surface area contributed by atoms with Gasteiger partial charge in [0, 0.05) is 18.1 Å². The summed E-state index contributed by atoms with van der Waals surface area (Å²) in [5.41, 5.74) is 2.65. The van der Waals surface area contributed by atoms with Crippen molar-refractivity contribution in [3.63, 3.8) is 0 Å². The molecule has 1 amide bonds. The van der Waals surface area contributed by atoms with Gasteiger partial charge in [-0.1, -0.05) is 42.0 Å². The van der Waals surface area contributed by atoms with Crippen molar-refractivity contribution < 1.29 is 22.3 Å². The summed E-state index contributed by atoms with van der Waals surface area (Å²) in [6.07, 6.45) is 0. The van der Waals surface area contributed by atoms with E-state index in [0.717, 1.165) is 15.4 Å². The Morgan fingerprint density at radius 2 is 1.71 bits per heavy atom. The molecule has 0 aromatic heterocycles. The summed E-state index contributed by atoms with van der Waals surface area (Å²) in [7, 11) is -2.59. The number of nitrogens with zero attached hydrogens (tertiary/aromatic N) is 1. The molecule has 0 aliphatic carbocycles. The van der Waals surface area contributed by atoms with Crippen LogP contribution < -0.4 is 14.4 Å². The van der Waals surface area contributed by atoms with E-state index < -0.39 is 22.5 Å². The zero-order valence-corrected chi connectivity index (χ0v) is 21.6. The van der Waals surface area contributed by atoms with Crippen molar-refractivity contribution in [1.82, 2.24) is 5.32 Å². The number of carbonyl (C=O) groups is 1. The molecule has 35 heavy (non-hydrogen) atoms. The second-order valence-electron chi connectivity index (χ2n) is 7.99. The lowest BCUT2D eigenvalue weighted by atomic mass is 10.2. The third-order valence-electron chi connectivity index (χ3n) is 5.28. The van der Waals surface area contributed by atoms with Gasteiger partial charge in [-0.2, -0.15) is 11.8 Å². The van der Waals surface area contributed by atoms with Crippen molar-refractivity contribution in [1.29, 1.82) is 0 Å². The lowest BCUT2D eigenvalue weighted by Gasteiger charge is -2.26. The molecule has 186 valence electrons. The van der Waals surface area contributed by atoms with E-state index in [2.05, 4.69) is 5.32 Å². The largest absolute Gasteiger partial charge is 0.495 e. The standard InChI is InChI=1S/C26H29FN2O4S2/c1-19-8-11-22(12-9-19)35(31,32)29(24-16-20(2)10-13-25(24)33-3)17-26(30)28-14-15-34-18-21-6-4-5-7-23(21)27/h4-13,16H,14-15,17-18H2,1-3H3,(H,28,30). The van der Waals surface area contributed by atoms with Gasteiger partial charge in [0.2, 0.25) is 5.91 Å². The molecule has 1 N–H and O–H groups in total. The van der Waals surface area contributed by atoms with Gasteiger partial charge in [0.05, 0.1) is 17.7 Å². The third-order valence-corrected chi connectivity index (χ3v) is 8.07. The van der Waals surface area contributed by atoms with E-state index in [0.29, 0.717) is 29.4 Å². The van der Waals surface area contributed by atoms with Crippen LogP contribution in [0.15, 0.2) is 71.6 Å². The van der Waals surface area contributed by atoms with Crippen LogP contribution in [0, 0.1) is 19.7 Å². The van der Waals surface area contributed by atoms with Gasteiger partial charge in [-0.05, 0) is 55.3 Å². The molecule has 0 heterocycles. The number of methoxy groups -OCH3 is 1. The number of hydrogen-bond acceptors (Lipinski definition) is 5. The van der Waals surface area contributed by atoms with Crippen molar-refractivity contribution in [3.8, 4) is 5.75 Å². The summed E-state index contributed by atoms with van der Waals surface area (Å²) in [6, 6.07) is 18.2. The van der Waals surface area contributed by atoms with Gasteiger partial charge >= 0.3 is 0 Å². The average molecular weight is 517 g/mol. The summed E-state index contributed by atoms with van der Waals surface area (Å²) >= 11 is 1.48. The van der Waals surface area contributed by atoms with Crippen LogP contribution in [0.1, 0.15) is 16.7 Å². The predicted octanol–water partition coefficient (Wildman–Crippen LogP) is 4.70. The van der Waals surface area contributed by atoms with Crippen LogP contribution in [0.2, 0.25) is 0 Å². The van der Waals surface area contributed by atoms with Gasteiger partial charge in [-0.25, -0.2) is 12.8 Å². The Bertz CT molecular complexity index is 1260. The number of thioether (sulfide) groups is 1. The van der Waals surface area contributed by atoms with E-state index in [1.54, 1.807) is 42.5 Å². The van der Waals surface area contributed by atoms with Crippen molar-refractivity contribution >= 4 is 33.4 Å². The highest BCUT2D eigenvalue weighted by atomic mass is 32.2. The first-order chi connectivity index (χ1) is 16.7. The zero-order chi connectivity index (χ0) is 25.4. The summed E-state index contributed by atoms with van der Waals surface area (Å²) < 4.78 is 47.4. The van der Waals surface area contributed by atoms with Gasteiger partial charge in [-0.15, -0.1) is 0 Å². The van der Waals surface area contributed by atoms with Crippen LogP contribution in [0.3, 0.4) is 0 Å². The second-order valence-corrected chi connectivity index (χ2v) is 11.0. The Labute approximate surface area is 210 Å². The third kappa shape index (κ3) is 6.99. The van der Waals surface area contributed by atoms with Crippen LogP contribution in [0.25, 0.3) is 0 Å². The minimum atomic E-state index is -4.05. The maximum absolute atomic E-state index is 13.7. The van der Waals surface area contributed by atoms with Gasteiger partial charge in [0.15, 0.2) is 0 Å². The smallest absolute Gasteiger partial charge is 0.264 e. The number of anilines is 1. The number of amides is 1. The lowest BCUT2D eigenvalue weighted by Crippen LogP contribution is -2.41. The Balaban J connectivity index is 1.73. The van der Waals surface area contributed by atoms with E-state index >= 15 is 0 Å². The molecule has 9 heteroatoms. The fourth-order valence-electron chi connectivity index (χ4n) is 3.38. The van der Waals surface area contributed by atoms with E-state index in [-0.39, 0.29) is 16.4 Å². The average Bonchev–Trinajstić information content (AvgIpc) is 2.83. The number of ether oxygens (including phenoxy) is 1. The Hall–Kier alpha value is -3.04. The van der Waals surface area contributed by atoms with Gasteiger partial charge in [0.25, 0.3) is 10.0 Å². The van der Waals surface area contributed by atoms with Crippen molar-refractivity contribution in [3.05, 3.63) is 89.2 Å². The van der Waals surface area contributed by atoms with E-state index in [1.165, 1.54) is 37.1 Å². The number of sulfonamides is 1. The number of halogens is 1.